The average Bonchev–Trinajstić information content (AvgIpc) is 3.43. The minimum atomic E-state index is -0.0374. The van der Waals surface area contributed by atoms with E-state index in [9.17, 15) is 4.79 Å². The van der Waals surface area contributed by atoms with Gasteiger partial charge in [-0.3, -0.25) is 4.79 Å². The lowest BCUT2D eigenvalue weighted by Gasteiger charge is -2.12. The topological polar surface area (TPSA) is 56.1 Å². The lowest BCUT2D eigenvalue weighted by atomic mass is 10.1. The molecule has 0 fully saturated rings. The molecule has 0 radical (unpaired) electrons. The number of imidazole rings is 1. The number of amides is 1. The van der Waals surface area contributed by atoms with Crippen molar-refractivity contribution in [3.8, 4) is 5.75 Å². The van der Waals surface area contributed by atoms with Gasteiger partial charge < -0.3 is 14.6 Å². The van der Waals surface area contributed by atoms with Crippen LogP contribution in [0.4, 0.5) is 0 Å². The maximum atomic E-state index is 12.2. The van der Waals surface area contributed by atoms with E-state index in [1.165, 1.54) is 11.3 Å². The molecule has 166 valence electrons. The van der Waals surface area contributed by atoms with Crippen LogP contribution < -0.4 is 10.1 Å². The van der Waals surface area contributed by atoms with E-state index < -0.39 is 0 Å². The van der Waals surface area contributed by atoms with Crippen LogP contribution in [0.25, 0.3) is 11.0 Å². The first-order valence-electron chi connectivity index (χ1n) is 10.7. The molecule has 0 bridgehead atoms. The number of thiophene rings is 1. The Morgan fingerprint density at radius 3 is 2.69 bits per heavy atom. The smallest absolute Gasteiger partial charge is 0.261 e. The number of nitrogens with one attached hydrogen (secondary N) is 1. The van der Waals surface area contributed by atoms with Gasteiger partial charge in [0.05, 0.1) is 22.5 Å². The quantitative estimate of drug-likeness (QED) is 0.316. The van der Waals surface area contributed by atoms with Gasteiger partial charge in [-0.05, 0) is 67.1 Å². The predicted molar refractivity (Wildman–Crippen MR) is 131 cm³/mol. The van der Waals surface area contributed by atoms with Crippen molar-refractivity contribution in [2.75, 3.05) is 13.2 Å². The maximum Gasteiger partial charge on any atom is 0.261 e. The second kappa shape index (κ2) is 10.2. The fourth-order valence-corrected chi connectivity index (χ4v) is 4.50. The normalized spacial score (nSPS) is 11.1. The summed E-state index contributed by atoms with van der Waals surface area (Å²) in [5.41, 5.74) is 4.12. The average molecular weight is 468 g/mol. The van der Waals surface area contributed by atoms with Gasteiger partial charge in [0.2, 0.25) is 0 Å². The van der Waals surface area contributed by atoms with E-state index in [2.05, 4.69) is 16.0 Å². The number of para-hydroxylation sites is 2. The zero-order chi connectivity index (χ0) is 22.5. The molecule has 2 heterocycles. The van der Waals surface area contributed by atoms with Crippen LogP contribution in [0.15, 0.2) is 53.9 Å². The molecule has 0 aliphatic heterocycles. The molecular formula is C25H26ClN3O2S. The van der Waals surface area contributed by atoms with Gasteiger partial charge in [0.1, 0.15) is 11.6 Å². The molecule has 7 heteroatoms. The fourth-order valence-electron chi connectivity index (χ4n) is 3.75. The standard InChI is InChI=1S/C25H26ClN3O2S/c1-17-15-19(16-18(2)24(17)26)31-13-6-12-29-21-8-4-3-7-20(21)28-23(29)10-11-27-25(30)22-9-5-14-32-22/h3-5,7-9,14-16H,6,10-13H2,1-2H3,(H,27,30). The third-order valence-corrected chi connectivity index (χ3v) is 6.78. The van der Waals surface area contributed by atoms with Gasteiger partial charge in [-0.15, -0.1) is 11.3 Å². The van der Waals surface area contributed by atoms with Crippen LogP contribution in [-0.2, 0) is 13.0 Å². The number of nitrogens with zero attached hydrogens (tertiary/aromatic N) is 2. The summed E-state index contributed by atoms with van der Waals surface area (Å²) < 4.78 is 8.21. The van der Waals surface area contributed by atoms with E-state index in [-0.39, 0.29) is 5.91 Å². The van der Waals surface area contributed by atoms with Gasteiger partial charge >= 0.3 is 0 Å². The highest BCUT2D eigenvalue weighted by Gasteiger charge is 2.12. The third-order valence-electron chi connectivity index (χ3n) is 5.32. The van der Waals surface area contributed by atoms with E-state index in [0.717, 1.165) is 56.6 Å². The van der Waals surface area contributed by atoms with Crippen LogP contribution in [0, 0.1) is 13.8 Å². The number of rotatable bonds is 9. The number of carbonyl (C=O) groups excluding carboxylic acids is 1. The van der Waals surface area contributed by atoms with E-state index >= 15 is 0 Å². The summed E-state index contributed by atoms with van der Waals surface area (Å²) in [6.07, 6.45) is 1.51. The summed E-state index contributed by atoms with van der Waals surface area (Å²) in [6, 6.07) is 15.8. The van der Waals surface area contributed by atoms with E-state index in [0.29, 0.717) is 19.6 Å². The summed E-state index contributed by atoms with van der Waals surface area (Å²) >= 11 is 7.69. The zero-order valence-corrected chi connectivity index (χ0v) is 19.8. The summed E-state index contributed by atoms with van der Waals surface area (Å²) in [7, 11) is 0. The van der Waals surface area contributed by atoms with E-state index in [1.807, 2.05) is 61.7 Å². The van der Waals surface area contributed by atoms with E-state index in [4.69, 9.17) is 21.3 Å². The maximum absolute atomic E-state index is 12.2. The molecule has 32 heavy (non-hydrogen) atoms. The Hall–Kier alpha value is -2.83. The molecule has 0 saturated heterocycles. The lowest BCUT2D eigenvalue weighted by Crippen LogP contribution is -2.25. The number of aromatic nitrogens is 2. The summed E-state index contributed by atoms with van der Waals surface area (Å²) in [5.74, 6) is 1.77. The molecule has 2 aromatic heterocycles. The first-order chi connectivity index (χ1) is 15.5. The highest BCUT2D eigenvalue weighted by molar-refractivity contribution is 7.12. The Bertz CT molecular complexity index is 1190. The molecule has 1 N–H and O–H groups in total. The van der Waals surface area contributed by atoms with Crippen molar-refractivity contribution in [3.05, 3.63) is 80.8 Å². The van der Waals surface area contributed by atoms with Crippen molar-refractivity contribution in [1.29, 1.82) is 0 Å². The lowest BCUT2D eigenvalue weighted by molar-refractivity contribution is 0.0958. The number of ether oxygens (including phenoxy) is 1. The van der Waals surface area contributed by atoms with Crippen LogP contribution in [0.5, 0.6) is 5.75 Å². The van der Waals surface area contributed by atoms with Crippen molar-refractivity contribution in [3.63, 3.8) is 0 Å². The third kappa shape index (κ3) is 5.14. The van der Waals surface area contributed by atoms with Crippen molar-refractivity contribution in [2.45, 2.75) is 33.2 Å². The SMILES string of the molecule is Cc1cc(OCCCn2c(CCNC(=O)c3cccs3)nc3ccccc32)cc(C)c1Cl. The Morgan fingerprint density at radius 1 is 1.16 bits per heavy atom. The van der Waals surface area contributed by atoms with Gasteiger partial charge in [0.25, 0.3) is 5.91 Å². The predicted octanol–water partition coefficient (Wildman–Crippen LogP) is 5.81. The number of hydrogen-bond acceptors (Lipinski definition) is 4. The molecule has 0 atom stereocenters. The minimum Gasteiger partial charge on any atom is -0.494 e. The van der Waals surface area contributed by atoms with Gasteiger partial charge in [-0.25, -0.2) is 4.98 Å². The molecular weight excluding hydrogens is 442 g/mol. The fraction of sp³-hybridized carbons (Fsp3) is 0.280. The summed E-state index contributed by atoms with van der Waals surface area (Å²) in [6.45, 7) is 5.91. The molecule has 4 rings (SSSR count). The Kier molecular flexibility index (Phi) is 7.12. The molecule has 0 aliphatic rings. The van der Waals surface area contributed by atoms with Crippen LogP contribution in [0.3, 0.4) is 0 Å². The first kappa shape index (κ1) is 22.4. The van der Waals surface area contributed by atoms with Crippen LogP contribution in [0.2, 0.25) is 5.02 Å². The monoisotopic (exact) mass is 467 g/mol. The molecule has 5 nitrogen and oxygen atoms in total. The van der Waals surface area contributed by atoms with Gasteiger partial charge in [0.15, 0.2) is 0 Å². The summed E-state index contributed by atoms with van der Waals surface area (Å²) in [5, 5.41) is 5.69. The number of fused-ring (bicyclic) bond motifs is 1. The first-order valence-corrected chi connectivity index (χ1v) is 11.9. The Balaban J connectivity index is 1.38. The highest BCUT2D eigenvalue weighted by atomic mass is 35.5. The number of aryl methyl sites for hydroxylation is 3. The molecule has 2 aromatic carbocycles. The van der Waals surface area contributed by atoms with Crippen LogP contribution >= 0.6 is 22.9 Å². The number of halogens is 1. The Morgan fingerprint density at radius 2 is 1.94 bits per heavy atom. The summed E-state index contributed by atoms with van der Waals surface area (Å²) in [4.78, 5) is 17.7. The minimum absolute atomic E-state index is 0.0374. The number of carbonyl (C=O) groups is 1. The second-order valence-electron chi connectivity index (χ2n) is 7.72. The molecule has 0 unspecified atom stereocenters. The van der Waals surface area contributed by atoms with Gasteiger partial charge in [-0.1, -0.05) is 29.8 Å². The highest BCUT2D eigenvalue weighted by Crippen LogP contribution is 2.26. The van der Waals surface area contributed by atoms with E-state index in [1.54, 1.807) is 0 Å². The second-order valence-corrected chi connectivity index (χ2v) is 9.05. The molecule has 4 aromatic rings. The largest absolute Gasteiger partial charge is 0.494 e. The number of hydrogen-bond donors (Lipinski definition) is 1. The Labute approximate surface area is 197 Å². The van der Waals surface area contributed by atoms with Crippen LogP contribution in [0.1, 0.15) is 33.0 Å². The van der Waals surface area contributed by atoms with Crippen LogP contribution in [-0.4, -0.2) is 28.6 Å². The zero-order valence-electron chi connectivity index (χ0n) is 18.2. The molecule has 0 spiro atoms. The van der Waals surface area contributed by atoms with Crippen molar-refractivity contribution in [2.24, 2.45) is 0 Å². The van der Waals surface area contributed by atoms with Gasteiger partial charge in [-0.2, -0.15) is 0 Å². The molecule has 1 amide bonds. The molecule has 0 aliphatic carbocycles. The number of benzene rings is 2. The van der Waals surface area contributed by atoms with Crippen molar-refractivity contribution >= 4 is 39.9 Å². The van der Waals surface area contributed by atoms with Crippen molar-refractivity contribution < 1.29 is 9.53 Å². The van der Waals surface area contributed by atoms with Gasteiger partial charge in [0, 0.05) is 24.5 Å². The van der Waals surface area contributed by atoms with Crippen molar-refractivity contribution in [1.82, 2.24) is 14.9 Å². The molecule has 0 saturated carbocycles.